The topological polar surface area (TPSA) is 79.3 Å². The van der Waals surface area contributed by atoms with Gasteiger partial charge in [-0.1, -0.05) is 36.4 Å². The molecule has 0 amide bonds. The number of rotatable bonds is 3. The molecule has 5 nitrogen and oxygen atoms in total. The second kappa shape index (κ2) is 5.87. The van der Waals surface area contributed by atoms with Crippen molar-refractivity contribution in [2.24, 2.45) is 0 Å². The molecular formula is C20H14N2O3. The molecule has 1 aliphatic carbocycles. The molecule has 2 N–H and O–H groups in total. The number of pyridine rings is 1. The first-order valence-electron chi connectivity index (χ1n) is 7.84. The van der Waals surface area contributed by atoms with Gasteiger partial charge in [-0.2, -0.15) is 0 Å². The van der Waals surface area contributed by atoms with Crippen LogP contribution >= 0.6 is 0 Å². The van der Waals surface area contributed by atoms with E-state index in [-0.39, 0.29) is 11.4 Å². The van der Waals surface area contributed by atoms with Gasteiger partial charge in [-0.3, -0.25) is 4.79 Å². The summed E-state index contributed by atoms with van der Waals surface area (Å²) in [5.74, 6) is -1.43. The molecular weight excluding hydrogens is 316 g/mol. The number of benzene rings is 2. The fourth-order valence-electron chi connectivity index (χ4n) is 3.00. The van der Waals surface area contributed by atoms with E-state index in [2.05, 4.69) is 10.3 Å². The van der Waals surface area contributed by atoms with Gasteiger partial charge in [-0.25, -0.2) is 9.78 Å². The van der Waals surface area contributed by atoms with E-state index in [1.807, 2.05) is 42.5 Å². The summed E-state index contributed by atoms with van der Waals surface area (Å²) in [6, 6.07) is 17.4. The number of aromatic nitrogens is 1. The van der Waals surface area contributed by atoms with Crippen molar-refractivity contribution >= 4 is 34.4 Å². The Kier molecular flexibility index (Phi) is 3.54. The molecule has 1 heterocycles. The highest BCUT2D eigenvalue weighted by Gasteiger charge is 2.34. The summed E-state index contributed by atoms with van der Waals surface area (Å²) in [6.07, 6.45) is 1.48. The van der Waals surface area contributed by atoms with Gasteiger partial charge in [0.2, 0.25) is 0 Å². The van der Waals surface area contributed by atoms with Gasteiger partial charge in [0.1, 0.15) is 6.04 Å². The second-order valence-electron chi connectivity index (χ2n) is 5.83. The van der Waals surface area contributed by atoms with Crippen molar-refractivity contribution in [3.63, 3.8) is 0 Å². The Hall–Kier alpha value is -3.47. The Balaban J connectivity index is 1.84. The van der Waals surface area contributed by atoms with Crippen LogP contribution in [0.4, 0.5) is 5.69 Å². The van der Waals surface area contributed by atoms with Crippen LogP contribution < -0.4 is 5.32 Å². The zero-order valence-electron chi connectivity index (χ0n) is 13.1. The fourth-order valence-corrected chi connectivity index (χ4v) is 3.00. The number of fused-ring (bicyclic) bond motifs is 2. The number of carboxylic acids is 1. The largest absolute Gasteiger partial charge is 0.478 e. The minimum atomic E-state index is -1.14. The molecule has 0 saturated heterocycles. The number of carbonyl (C=O) groups is 2. The number of Topliss-reactive ketones (excluding diaryl/α,β-unsaturated/α-hetero) is 1. The molecule has 4 rings (SSSR count). The van der Waals surface area contributed by atoms with Gasteiger partial charge >= 0.3 is 5.97 Å². The lowest BCUT2D eigenvalue weighted by molar-refractivity contribution is -0.132. The Morgan fingerprint density at radius 1 is 1.04 bits per heavy atom. The number of hydrogen-bond acceptors (Lipinski definition) is 4. The summed E-state index contributed by atoms with van der Waals surface area (Å²) in [5.41, 5.74) is 2.23. The van der Waals surface area contributed by atoms with E-state index in [4.69, 9.17) is 0 Å². The summed E-state index contributed by atoms with van der Waals surface area (Å²) >= 11 is 0. The third-order valence-electron chi connectivity index (χ3n) is 4.22. The quantitative estimate of drug-likeness (QED) is 0.769. The number of aliphatic carboxylic acids is 1. The van der Waals surface area contributed by atoms with Gasteiger partial charge < -0.3 is 10.4 Å². The van der Waals surface area contributed by atoms with E-state index in [1.54, 1.807) is 18.2 Å². The zero-order valence-corrected chi connectivity index (χ0v) is 13.1. The highest BCUT2D eigenvalue weighted by Crippen LogP contribution is 2.28. The maximum absolute atomic E-state index is 13.0. The Morgan fingerprint density at radius 3 is 2.52 bits per heavy atom. The molecule has 0 spiro atoms. The van der Waals surface area contributed by atoms with Crippen LogP contribution in [-0.4, -0.2) is 27.9 Å². The summed E-state index contributed by atoms with van der Waals surface area (Å²) in [5, 5.41) is 13.4. The number of para-hydroxylation sites is 2. The van der Waals surface area contributed by atoms with Gasteiger partial charge in [0.15, 0.2) is 5.78 Å². The highest BCUT2D eigenvalue weighted by atomic mass is 16.4. The predicted molar refractivity (Wildman–Crippen MR) is 95.5 cm³/mol. The Labute approximate surface area is 143 Å². The Bertz CT molecular complexity index is 1030. The predicted octanol–water partition coefficient (Wildman–Crippen LogP) is 3.38. The molecule has 1 unspecified atom stereocenters. The van der Waals surface area contributed by atoms with Gasteiger partial charge in [0.25, 0.3) is 0 Å². The molecule has 1 aliphatic rings. The van der Waals surface area contributed by atoms with Crippen LogP contribution in [0.15, 0.2) is 66.2 Å². The van der Waals surface area contributed by atoms with Crippen molar-refractivity contribution < 1.29 is 14.7 Å². The van der Waals surface area contributed by atoms with Gasteiger partial charge in [0, 0.05) is 16.6 Å². The molecule has 122 valence electrons. The average molecular weight is 330 g/mol. The first-order chi connectivity index (χ1) is 12.1. The summed E-state index contributed by atoms with van der Waals surface area (Å²) in [4.78, 5) is 29.1. The molecule has 0 bridgehead atoms. The fraction of sp³-hybridized carbons (Fsp3) is 0.0500. The first-order valence-corrected chi connectivity index (χ1v) is 7.84. The smallest absolute Gasteiger partial charge is 0.334 e. The minimum absolute atomic E-state index is 0.0101. The van der Waals surface area contributed by atoms with E-state index in [1.165, 1.54) is 6.08 Å². The van der Waals surface area contributed by atoms with Crippen LogP contribution in [0.2, 0.25) is 0 Å². The number of carboxylic acid groups (broad SMARTS) is 1. The molecule has 0 saturated carbocycles. The lowest BCUT2D eigenvalue weighted by Crippen LogP contribution is -2.37. The monoisotopic (exact) mass is 330 g/mol. The van der Waals surface area contributed by atoms with E-state index in [0.717, 1.165) is 10.9 Å². The van der Waals surface area contributed by atoms with Gasteiger partial charge in [-0.15, -0.1) is 0 Å². The summed E-state index contributed by atoms with van der Waals surface area (Å²) in [6.45, 7) is 0. The van der Waals surface area contributed by atoms with Gasteiger partial charge in [-0.05, 0) is 30.3 Å². The number of nitrogens with zero attached hydrogens (tertiary/aromatic N) is 1. The number of hydrogen-bond donors (Lipinski definition) is 2. The standard InChI is InChI=1S/C20H14N2O3/c23-19-14-10-12-6-4-5-9-16(12)22-17(14)11-15(20(24)25)18(19)21-13-7-2-1-3-8-13/h1-11,18,21H,(H,24,25). The lowest BCUT2D eigenvalue weighted by Gasteiger charge is -2.24. The van der Waals surface area contributed by atoms with Crippen molar-refractivity contribution in [1.82, 2.24) is 4.98 Å². The van der Waals surface area contributed by atoms with Crippen molar-refractivity contribution in [3.8, 4) is 0 Å². The molecule has 5 heteroatoms. The zero-order chi connectivity index (χ0) is 17.4. The van der Waals surface area contributed by atoms with Crippen LogP contribution in [-0.2, 0) is 4.79 Å². The van der Waals surface area contributed by atoms with Crippen molar-refractivity contribution in [1.29, 1.82) is 0 Å². The number of nitrogens with one attached hydrogen (secondary N) is 1. The number of carbonyl (C=O) groups excluding carboxylic acids is 1. The lowest BCUT2D eigenvalue weighted by atomic mass is 9.88. The van der Waals surface area contributed by atoms with Crippen LogP contribution in [0.5, 0.6) is 0 Å². The van der Waals surface area contributed by atoms with Crippen molar-refractivity contribution in [3.05, 3.63) is 77.5 Å². The first kappa shape index (κ1) is 15.1. The minimum Gasteiger partial charge on any atom is -0.478 e. The summed E-state index contributed by atoms with van der Waals surface area (Å²) in [7, 11) is 0. The van der Waals surface area contributed by atoms with E-state index in [9.17, 15) is 14.7 Å². The van der Waals surface area contributed by atoms with Crippen molar-refractivity contribution in [2.45, 2.75) is 6.04 Å². The third-order valence-corrected chi connectivity index (χ3v) is 4.22. The summed E-state index contributed by atoms with van der Waals surface area (Å²) < 4.78 is 0. The highest BCUT2D eigenvalue weighted by molar-refractivity contribution is 6.16. The Morgan fingerprint density at radius 2 is 1.76 bits per heavy atom. The van der Waals surface area contributed by atoms with Crippen LogP contribution in [0.25, 0.3) is 17.0 Å². The maximum Gasteiger partial charge on any atom is 0.334 e. The molecule has 3 aromatic rings. The second-order valence-corrected chi connectivity index (χ2v) is 5.83. The molecule has 0 fully saturated rings. The van der Waals surface area contributed by atoms with Crippen LogP contribution in [0.3, 0.4) is 0 Å². The van der Waals surface area contributed by atoms with Crippen LogP contribution in [0, 0.1) is 0 Å². The average Bonchev–Trinajstić information content (AvgIpc) is 2.63. The maximum atomic E-state index is 13.0. The molecule has 25 heavy (non-hydrogen) atoms. The number of ketones is 1. The van der Waals surface area contributed by atoms with Crippen molar-refractivity contribution in [2.75, 3.05) is 5.32 Å². The van der Waals surface area contributed by atoms with Crippen LogP contribution in [0.1, 0.15) is 16.1 Å². The molecule has 0 radical (unpaired) electrons. The van der Waals surface area contributed by atoms with E-state index in [0.29, 0.717) is 16.9 Å². The van der Waals surface area contributed by atoms with E-state index < -0.39 is 12.0 Å². The molecule has 0 aliphatic heterocycles. The molecule has 1 aromatic heterocycles. The molecule has 1 atom stereocenters. The van der Waals surface area contributed by atoms with E-state index >= 15 is 0 Å². The SMILES string of the molecule is O=C(O)C1=Cc2nc3ccccc3cc2C(=O)C1Nc1ccccc1. The number of anilines is 1. The molecule has 2 aromatic carbocycles. The normalized spacial score (nSPS) is 16.2. The van der Waals surface area contributed by atoms with Gasteiger partial charge in [0.05, 0.1) is 16.8 Å². The third kappa shape index (κ3) is 2.65.